The molecule has 0 bridgehead atoms. The van der Waals surface area contributed by atoms with E-state index in [1.54, 1.807) is 5.56 Å². The van der Waals surface area contributed by atoms with E-state index < -0.39 is 0 Å². The molecule has 0 heteroatoms. The third kappa shape index (κ3) is 1.21. The summed E-state index contributed by atoms with van der Waals surface area (Å²) in [5.41, 5.74) is 6.32. The first-order chi connectivity index (χ1) is 8.92. The number of rotatable bonds is 0. The molecule has 4 rings (SSSR count). The van der Waals surface area contributed by atoms with Crippen molar-refractivity contribution in [2.75, 3.05) is 0 Å². The van der Waals surface area contributed by atoms with Gasteiger partial charge >= 0.3 is 0 Å². The van der Waals surface area contributed by atoms with Gasteiger partial charge in [0.15, 0.2) is 0 Å². The highest BCUT2D eigenvalue weighted by Crippen LogP contribution is 2.55. The van der Waals surface area contributed by atoms with Gasteiger partial charge in [0.25, 0.3) is 0 Å². The second-order valence-electron chi connectivity index (χ2n) is 5.66. The largest absolute Gasteiger partial charge is 0.0619 e. The molecule has 1 saturated carbocycles. The second kappa shape index (κ2) is 3.71. The molecule has 0 aliphatic heterocycles. The van der Waals surface area contributed by atoms with Crippen LogP contribution in [-0.4, -0.2) is 0 Å². The molecule has 0 saturated heterocycles. The summed E-state index contributed by atoms with van der Waals surface area (Å²) in [7, 11) is 0. The number of hydrogen-bond acceptors (Lipinski definition) is 0. The van der Waals surface area contributed by atoms with Crippen LogP contribution in [0.25, 0.3) is 11.1 Å². The smallest absolute Gasteiger partial charge is 0.0215 e. The fourth-order valence-corrected chi connectivity index (χ4v) is 4.04. The maximum Gasteiger partial charge on any atom is 0.0215 e. The summed E-state index contributed by atoms with van der Waals surface area (Å²) in [6.45, 7) is 0. The first-order valence-electron chi connectivity index (χ1n) is 7.02. The molecule has 1 spiro atoms. The molecule has 0 atom stereocenters. The Morgan fingerprint density at radius 2 is 1.61 bits per heavy atom. The third-order valence-corrected chi connectivity index (χ3v) is 4.82. The molecule has 0 heterocycles. The SMILES string of the molecule is [c]1ccc2c(c1)C1(CCCCC1)c1ccccc1-2. The first kappa shape index (κ1) is 10.4. The van der Waals surface area contributed by atoms with Crippen LogP contribution in [0.2, 0.25) is 0 Å². The highest BCUT2D eigenvalue weighted by Gasteiger charge is 2.43. The summed E-state index contributed by atoms with van der Waals surface area (Å²) < 4.78 is 0. The van der Waals surface area contributed by atoms with Crippen molar-refractivity contribution >= 4 is 0 Å². The lowest BCUT2D eigenvalue weighted by molar-refractivity contribution is 0.353. The maximum atomic E-state index is 3.30. The average molecular weight is 233 g/mol. The fraction of sp³-hybridized carbons (Fsp3) is 0.333. The average Bonchev–Trinajstić information content (AvgIpc) is 2.72. The van der Waals surface area contributed by atoms with E-state index in [9.17, 15) is 0 Å². The maximum absolute atomic E-state index is 3.30. The van der Waals surface area contributed by atoms with Crippen LogP contribution >= 0.6 is 0 Å². The standard InChI is InChI=1S/C18H17/c1-6-12-18(13-7-1)16-10-4-2-8-14(16)15-9-3-5-11-17(15)18/h2-4,8-11H,1,6-7,12-13H2. The van der Waals surface area contributed by atoms with Gasteiger partial charge in [0, 0.05) is 5.41 Å². The van der Waals surface area contributed by atoms with Gasteiger partial charge in [0.1, 0.15) is 0 Å². The lowest BCUT2D eigenvalue weighted by Gasteiger charge is -2.35. The van der Waals surface area contributed by atoms with Gasteiger partial charge < -0.3 is 0 Å². The van der Waals surface area contributed by atoms with Crippen LogP contribution in [0.15, 0.2) is 42.5 Å². The fourth-order valence-electron chi connectivity index (χ4n) is 4.04. The van der Waals surface area contributed by atoms with Crippen molar-refractivity contribution in [1.29, 1.82) is 0 Å². The van der Waals surface area contributed by atoms with Crippen molar-refractivity contribution in [3.8, 4) is 11.1 Å². The van der Waals surface area contributed by atoms with Gasteiger partial charge in [-0.3, -0.25) is 0 Å². The van der Waals surface area contributed by atoms with Gasteiger partial charge in [0.05, 0.1) is 0 Å². The molecular formula is C18H17. The Balaban J connectivity index is 2.03. The molecule has 18 heavy (non-hydrogen) atoms. The minimum atomic E-state index is 0.307. The van der Waals surface area contributed by atoms with Crippen LogP contribution in [0.1, 0.15) is 43.2 Å². The van der Waals surface area contributed by atoms with Crippen LogP contribution in [0.4, 0.5) is 0 Å². The van der Waals surface area contributed by atoms with Gasteiger partial charge in [-0.15, -0.1) is 0 Å². The van der Waals surface area contributed by atoms with Gasteiger partial charge in [-0.05, 0) is 47.2 Å². The summed E-state index contributed by atoms with van der Waals surface area (Å²) in [6.07, 6.45) is 6.75. The Morgan fingerprint density at radius 1 is 0.833 bits per heavy atom. The van der Waals surface area contributed by atoms with Crippen molar-refractivity contribution in [1.82, 2.24) is 0 Å². The molecular weight excluding hydrogens is 216 g/mol. The zero-order valence-electron chi connectivity index (χ0n) is 10.6. The number of benzene rings is 2. The van der Waals surface area contributed by atoms with E-state index >= 15 is 0 Å². The van der Waals surface area contributed by atoms with E-state index in [4.69, 9.17) is 0 Å². The van der Waals surface area contributed by atoms with Crippen molar-refractivity contribution < 1.29 is 0 Å². The van der Waals surface area contributed by atoms with Crippen molar-refractivity contribution in [2.45, 2.75) is 37.5 Å². The lowest BCUT2D eigenvalue weighted by atomic mass is 9.68. The molecule has 0 N–H and O–H groups in total. The van der Waals surface area contributed by atoms with Gasteiger partial charge in [-0.25, -0.2) is 0 Å². The highest BCUT2D eigenvalue weighted by molar-refractivity contribution is 5.80. The molecule has 0 unspecified atom stereocenters. The summed E-state index contributed by atoms with van der Waals surface area (Å²) in [5.74, 6) is 0. The zero-order valence-corrected chi connectivity index (χ0v) is 10.6. The molecule has 2 aromatic carbocycles. The number of hydrogen-bond donors (Lipinski definition) is 0. The highest BCUT2D eigenvalue weighted by atomic mass is 14.5. The predicted molar refractivity (Wildman–Crippen MR) is 74.6 cm³/mol. The van der Waals surface area contributed by atoms with Crippen molar-refractivity contribution in [3.05, 3.63) is 59.7 Å². The molecule has 0 amide bonds. The van der Waals surface area contributed by atoms with E-state index in [-0.39, 0.29) is 0 Å². The molecule has 89 valence electrons. The van der Waals surface area contributed by atoms with E-state index in [0.29, 0.717) is 5.41 Å². The Hall–Kier alpha value is -1.56. The van der Waals surface area contributed by atoms with Crippen LogP contribution in [0.5, 0.6) is 0 Å². The molecule has 0 aromatic heterocycles. The van der Waals surface area contributed by atoms with Gasteiger partial charge in [-0.2, -0.15) is 0 Å². The first-order valence-corrected chi connectivity index (χ1v) is 7.02. The second-order valence-corrected chi connectivity index (χ2v) is 5.66. The van der Waals surface area contributed by atoms with Gasteiger partial charge in [-0.1, -0.05) is 55.7 Å². The Bertz CT molecular complexity index is 541. The topological polar surface area (TPSA) is 0 Å². The van der Waals surface area contributed by atoms with Crippen molar-refractivity contribution in [2.24, 2.45) is 0 Å². The zero-order chi connectivity index (χ0) is 12.0. The Morgan fingerprint density at radius 3 is 2.50 bits per heavy atom. The summed E-state index contributed by atoms with van der Waals surface area (Å²) in [6, 6.07) is 18.8. The van der Waals surface area contributed by atoms with Crippen LogP contribution in [0.3, 0.4) is 0 Å². The van der Waals surface area contributed by atoms with Gasteiger partial charge in [0.2, 0.25) is 0 Å². The number of fused-ring (bicyclic) bond motifs is 5. The normalized spacial score (nSPS) is 19.6. The summed E-state index contributed by atoms with van der Waals surface area (Å²) >= 11 is 0. The Kier molecular flexibility index (Phi) is 2.14. The van der Waals surface area contributed by atoms with Crippen LogP contribution < -0.4 is 0 Å². The quantitative estimate of drug-likeness (QED) is 0.617. The van der Waals surface area contributed by atoms with Crippen molar-refractivity contribution in [3.63, 3.8) is 0 Å². The van der Waals surface area contributed by atoms with E-state index in [1.165, 1.54) is 48.8 Å². The molecule has 2 aliphatic carbocycles. The molecule has 0 nitrogen and oxygen atoms in total. The van der Waals surface area contributed by atoms with E-state index in [1.807, 2.05) is 0 Å². The molecule has 1 radical (unpaired) electrons. The Labute approximate surface area is 109 Å². The minimum absolute atomic E-state index is 0.307. The molecule has 1 fully saturated rings. The monoisotopic (exact) mass is 233 g/mol. The summed E-state index contributed by atoms with van der Waals surface area (Å²) in [5, 5.41) is 0. The lowest BCUT2D eigenvalue weighted by Crippen LogP contribution is -2.27. The van der Waals surface area contributed by atoms with E-state index in [0.717, 1.165) is 0 Å². The van der Waals surface area contributed by atoms with Crippen LogP contribution in [0, 0.1) is 6.07 Å². The predicted octanol–water partition coefficient (Wildman–Crippen LogP) is 4.72. The molecule has 2 aliphatic rings. The minimum Gasteiger partial charge on any atom is -0.0619 e. The molecule has 2 aromatic rings. The van der Waals surface area contributed by atoms with E-state index in [2.05, 4.69) is 48.5 Å². The summed E-state index contributed by atoms with van der Waals surface area (Å²) in [4.78, 5) is 0. The van der Waals surface area contributed by atoms with Crippen LogP contribution in [-0.2, 0) is 5.41 Å². The third-order valence-electron chi connectivity index (χ3n) is 4.82.